The SMILES string of the molecule is CCC(C)(C)C1CCc2c(cc(-c3ccc(C(F)(F)F)cc3)n2-c2cccc(C(=O)O)c2)C1. The van der Waals surface area contributed by atoms with Gasteiger partial charge in [0.2, 0.25) is 0 Å². The predicted molar refractivity (Wildman–Crippen MR) is 123 cm³/mol. The molecule has 1 aromatic heterocycles. The zero-order valence-corrected chi connectivity index (χ0v) is 19.0. The van der Waals surface area contributed by atoms with Gasteiger partial charge in [0.15, 0.2) is 0 Å². The van der Waals surface area contributed by atoms with Gasteiger partial charge in [-0.1, -0.05) is 45.4 Å². The van der Waals surface area contributed by atoms with E-state index in [1.807, 2.05) is 10.6 Å². The van der Waals surface area contributed by atoms with Crippen LogP contribution >= 0.6 is 0 Å². The minimum atomic E-state index is -4.39. The number of fused-ring (bicyclic) bond motifs is 1. The Morgan fingerprint density at radius 2 is 1.79 bits per heavy atom. The van der Waals surface area contributed by atoms with Crippen LogP contribution in [0, 0.1) is 11.3 Å². The summed E-state index contributed by atoms with van der Waals surface area (Å²) in [6, 6.07) is 14.0. The lowest BCUT2D eigenvalue weighted by molar-refractivity contribution is -0.137. The van der Waals surface area contributed by atoms with Gasteiger partial charge in [0.05, 0.1) is 16.8 Å². The summed E-state index contributed by atoms with van der Waals surface area (Å²) >= 11 is 0. The first kappa shape index (κ1) is 23.1. The van der Waals surface area contributed by atoms with Crippen molar-refractivity contribution in [3.63, 3.8) is 0 Å². The maximum absolute atomic E-state index is 13.1. The van der Waals surface area contributed by atoms with Crippen molar-refractivity contribution in [3.05, 3.63) is 77.0 Å². The van der Waals surface area contributed by atoms with Crippen LogP contribution in [0.4, 0.5) is 13.2 Å². The van der Waals surface area contributed by atoms with Gasteiger partial charge in [0.1, 0.15) is 0 Å². The zero-order valence-electron chi connectivity index (χ0n) is 19.0. The predicted octanol–water partition coefficient (Wildman–Crippen LogP) is 7.40. The number of nitrogens with zero attached hydrogens (tertiary/aromatic N) is 1. The largest absolute Gasteiger partial charge is 0.478 e. The quantitative estimate of drug-likeness (QED) is 0.435. The van der Waals surface area contributed by atoms with Gasteiger partial charge in [0, 0.05) is 11.4 Å². The molecule has 4 rings (SSSR count). The number of aromatic nitrogens is 1. The van der Waals surface area contributed by atoms with Crippen LogP contribution in [-0.4, -0.2) is 15.6 Å². The number of alkyl halides is 3. The monoisotopic (exact) mass is 455 g/mol. The number of carboxylic acid groups (broad SMARTS) is 1. The van der Waals surface area contributed by atoms with Crippen molar-refractivity contribution in [2.24, 2.45) is 11.3 Å². The molecule has 1 unspecified atom stereocenters. The second-order valence-electron chi connectivity index (χ2n) is 9.55. The maximum Gasteiger partial charge on any atom is 0.416 e. The molecule has 174 valence electrons. The molecular formula is C27H28F3NO2. The van der Waals surface area contributed by atoms with E-state index in [0.717, 1.165) is 49.2 Å². The fraction of sp³-hybridized carbons (Fsp3) is 0.370. The van der Waals surface area contributed by atoms with Gasteiger partial charge in [-0.25, -0.2) is 4.79 Å². The third-order valence-corrected chi connectivity index (χ3v) is 7.26. The summed E-state index contributed by atoms with van der Waals surface area (Å²) in [5.41, 5.74) is 4.13. The highest BCUT2D eigenvalue weighted by molar-refractivity contribution is 5.88. The third kappa shape index (κ3) is 4.43. The molecule has 0 saturated heterocycles. The van der Waals surface area contributed by atoms with Crippen molar-refractivity contribution in [2.45, 2.75) is 52.6 Å². The number of hydrogen-bond donors (Lipinski definition) is 1. The highest BCUT2D eigenvalue weighted by Crippen LogP contribution is 2.43. The Morgan fingerprint density at radius 3 is 2.39 bits per heavy atom. The van der Waals surface area contributed by atoms with Crippen LogP contribution < -0.4 is 0 Å². The molecule has 0 saturated carbocycles. The average Bonchev–Trinajstić information content (AvgIpc) is 3.17. The Bertz CT molecular complexity index is 1170. The number of hydrogen-bond acceptors (Lipinski definition) is 1. The Balaban J connectivity index is 1.86. The summed E-state index contributed by atoms with van der Waals surface area (Å²) in [4.78, 5) is 11.6. The molecule has 6 heteroatoms. The number of rotatable bonds is 5. The van der Waals surface area contributed by atoms with E-state index in [0.29, 0.717) is 17.2 Å². The molecule has 2 aromatic carbocycles. The molecule has 3 nitrogen and oxygen atoms in total. The molecule has 0 bridgehead atoms. The molecule has 33 heavy (non-hydrogen) atoms. The molecule has 1 heterocycles. The van der Waals surface area contributed by atoms with Gasteiger partial charge in [-0.15, -0.1) is 0 Å². The summed E-state index contributed by atoms with van der Waals surface area (Å²) in [5, 5.41) is 9.47. The number of benzene rings is 2. The number of aromatic carboxylic acids is 1. The molecule has 0 fully saturated rings. The Morgan fingerprint density at radius 1 is 1.09 bits per heavy atom. The van der Waals surface area contributed by atoms with E-state index in [-0.39, 0.29) is 11.0 Å². The summed E-state index contributed by atoms with van der Waals surface area (Å²) in [5.74, 6) is -0.504. The molecule has 3 aromatic rings. The Labute approximate surface area is 191 Å². The average molecular weight is 456 g/mol. The van der Waals surface area contributed by atoms with E-state index in [1.165, 1.54) is 17.7 Å². The minimum Gasteiger partial charge on any atom is -0.478 e. The molecule has 0 amide bonds. The van der Waals surface area contributed by atoms with E-state index in [9.17, 15) is 23.1 Å². The molecule has 1 aliphatic rings. The van der Waals surface area contributed by atoms with Crippen molar-refractivity contribution in [1.29, 1.82) is 0 Å². The number of carboxylic acids is 1. The number of halogens is 3. The molecule has 1 aliphatic carbocycles. The van der Waals surface area contributed by atoms with E-state index in [2.05, 4.69) is 26.8 Å². The summed E-state index contributed by atoms with van der Waals surface area (Å²) < 4.78 is 41.3. The summed E-state index contributed by atoms with van der Waals surface area (Å²) in [7, 11) is 0. The van der Waals surface area contributed by atoms with Gasteiger partial charge in [-0.3, -0.25) is 0 Å². The first-order valence-electron chi connectivity index (χ1n) is 11.3. The molecule has 1 N–H and O–H groups in total. The van der Waals surface area contributed by atoms with Gasteiger partial charge in [0.25, 0.3) is 0 Å². The second kappa shape index (κ2) is 8.40. The highest BCUT2D eigenvalue weighted by atomic mass is 19.4. The van der Waals surface area contributed by atoms with Gasteiger partial charge in [-0.05, 0) is 78.1 Å². The van der Waals surface area contributed by atoms with Crippen molar-refractivity contribution in [1.82, 2.24) is 4.57 Å². The van der Waals surface area contributed by atoms with Crippen molar-refractivity contribution in [2.75, 3.05) is 0 Å². The standard InChI is InChI=1S/C27H28F3NO2/c1-4-26(2,3)21-12-13-23-19(14-21)16-24(17-8-10-20(11-9-17)27(28,29)30)31(23)22-7-5-6-18(15-22)25(32)33/h5-11,15-16,21H,4,12-14H2,1-3H3,(H,32,33). The van der Waals surface area contributed by atoms with Crippen molar-refractivity contribution < 1.29 is 23.1 Å². The fourth-order valence-electron chi connectivity index (χ4n) is 4.80. The van der Waals surface area contributed by atoms with Crippen LogP contribution in [0.25, 0.3) is 16.9 Å². The van der Waals surface area contributed by atoms with E-state index >= 15 is 0 Å². The molecule has 0 radical (unpaired) electrons. The number of carbonyl (C=O) groups is 1. The normalized spacial score (nSPS) is 16.5. The first-order chi connectivity index (χ1) is 15.5. The lowest BCUT2D eigenvalue weighted by atomic mass is 9.69. The Hall–Kier alpha value is -3.02. The molecule has 1 atom stereocenters. The van der Waals surface area contributed by atoms with Gasteiger partial charge in [-0.2, -0.15) is 13.2 Å². The molecule has 0 spiro atoms. The first-order valence-corrected chi connectivity index (χ1v) is 11.3. The van der Waals surface area contributed by atoms with Gasteiger partial charge < -0.3 is 9.67 Å². The van der Waals surface area contributed by atoms with Crippen LogP contribution in [0.3, 0.4) is 0 Å². The summed E-state index contributed by atoms with van der Waals surface area (Å²) in [6.45, 7) is 6.77. The van der Waals surface area contributed by atoms with Crippen LogP contribution in [0.2, 0.25) is 0 Å². The topological polar surface area (TPSA) is 42.2 Å². The Kier molecular flexibility index (Phi) is 5.89. The highest BCUT2D eigenvalue weighted by Gasteiger charge is 2.34. The lowest BCUT2D eigenvalue weighted by Gasteiger charge is -2.36. The zero-order chi connectivity index (χ0) is 24.0. The van der Waals surface area contributed by atoms with Crippen LogP contribution in [0.5, 0.6) is 0 Å². The van der Waals surface area contributed by atoms with E-state index < -0.39 is 17.7 Å². The van der Waals surface area contributed by atoms with Gasteiger partial charge >= 0.3 is 12.1 Å². The fourth-order valence-corrected chi connectivity index (χ4v) is 4.80. The van der Waals surface area contributed by atoms with Crippen molar-refractivity contribution >= 4 is 5.97 Å². The smallest absolute Gasteiger partial charge is 0.416 e. The lowest BCUT2D eigenvalue weighted by Crippen LogP contribution is -2.29. The molecule has 0 aliphatic heterocycles. The maximum atomic E-state index is 13.1. The third-order valence-electron chi connectivity index (χ3n) is 7.26. The van der Waals surface area contributed by atoms with Crippen molar-refractivity contribution in [3.8, 4) is 16.9 Å². The molecular weight excluding hydrogens is 427 g/mol. The second-order valence-corrected chi connectivity index (χ2v) is 9.55. The minimum absolute atomic E-state index is 0.175. The van der Waals surface area contributed by atoms with Crippen LogP contribution in [0.1, 0.15) is 60.8 Å². The van der Waals surface area contributed by atoms with Crippen LogP contribution in [-0.2, 0) is 19.0 Å². The van der Waals surface area contributed by atoms with E-state index in [1.54, 1.807) is 18.2 Å². The van der Waals surface area contributed by atoms with Crippen LogP contribution in [0.15, 0.2) is 54.6 Å². The summed E-state index contributed by atoms with van der Waals surface area (Å²) in [6.07, 6.45) is -0.575. The van der Waals surface area contributed by atoms with E-state index in [4.69, 9.17) is 0 Å².